The Bertz CT molecular complexity index is 1290. The number of fused-ring (bicyclic) bond motifs is 1. The fourth-order valence-electron chi connectivity index (χ4n) is 5.12. The zero-order valence-electron chi connectivity index (χ0n) is 19.3. The van der Waals surface area contributed by atoms with Crippen LogP contribution in [0.15, 0.2) is 65.8 Å². The average molecular weight is 443 g/mol. The van der Waals surface area contributed by atoms with Gasteiger partial charge in [0.05, 0.1) is 5.69 Å². The van der Waals surface area contributed by atoms with Crippen LogP contribution in [0.1, 0.15) is 46.1 Å². The molecule has 1 aliphatic carbocycles. The minimum absolute atomic E-state index is 0.0143. The van der Waals surface area contributed by atoms with Gasteiger partial charge in [0.15, 0.2) is 0 Å². The van der Waals surface area contributed by atoms with Crippen molar-refractivity contribution in [3.05, 3.63) is 71.4 Å². The molecule has 1 aliphatic rings. The topological polar surface area (TPSA) is 77.6 Å². The molecule has 3 atom stereocenters. The number of pyridine rings is 1. The minimum atomic E-state index is 0.0143. The van der Waals surface area contributed by atoms with Gasteiger partial charge < -0.3 is 5.32 Å². The normalized spacial score (nSPS) is 20.9. The van der Waals surface area contributed by atoms with Gasteiger partial charge in [-0.1, -0.05) is 27.2 Å². The number of benzene rings is 1. The van der Waals surface area contributed by atoms with Gasteiger partial charge in [-0.3, -0.25) is 9.36 Å². The van der Waals surface area contributed by atoms with Gasteiger partial charge in [0.2, 0.25) is 5.95 Å². The fourth-order valence-corrected chi connectivity index (χ4v) is 5.12. The monoisotopic (exact) mass is 442 g/mol. The Morgan fingerprint density at radius 3 is 2.64 bits per heavy atom. The number of rotatable bonds is 5. The van der Waals surface area contributed by atoms with Crippen molar-refractivity contribution >= 4 is 22.7 Å². The molecule has 7 nitrogen and oxygen atoms in total. The maximum absolute atomic E-state index is 13.1. The molecule has 170 valence electrons. The molecule has 0 aliphatic heterocycles. The van der Waals surface area contributed by atoms with Crippen LogP contribution in [0.3, 0.4) is 0 Å². The molecular formula is C26H30N6O. The predicted molar refractivity (Wildman–Crippen MR) is 131 cm³/mol. The number of anilines is 2. The fraction of sp³-hybridized carbons (Fsp3) is 0.385. The van der Waals surface area contributed by atoms with Crippen LogP contribution in [-0.2, 0) is 0 Å². The largest absolute Gasteiger partial charge is 0.324 e. The average Bonchev–Trinajstić information content (AvgIpc) is 3.34. The van der Waals surface area contributed by atoms with Crippen molar-refractivity contribution in [2.24, 2.45) is 17.8 Å². The van der Waals surface area contributed by atoms with Crippen LogP contribution in [0.5, 0.6) is 0 Å². The van der Waals surface area contributed by atoms with E-state index in [4.69, 9.17) is 4.98 Å². The zero-order valence-corrected chi connectivity index (χ0v) is 19.3. The second-order valence-corrected chi connectivity index (χ2v) is 9.53. The Labute approximate surface area is 193 Å². The van der Waals surface area contributed by atoms with Crippen molar-refractivity contribution in [2.75, 3.05) is 5.32 Å². The standard InChI is InChI=1S/C26H30N6O/c1-17(2)22-11-5-18(3)15-23(22)32-24(33)12-6-19-16-27-26(30-25(19)32)29-20-7-9-21(10-8-20)31-14-4-13-28-31/h4,6-10,12-14,16-18,22-23H,5,11,15H2,1-3H3,(H,27,29,30). The number of hydrogen-bond acceptors (Lipinski definition) is 5. The van der Waals surface area contributed by atoms with Crippen LogP contribution in [0.2, 0.25) is 0 Å². The molecule has 3 heterocycles. The van der Waals surface area contributed by atoms with Gasteiger partial charge in [-0.05, 0) is 67.0 Å². The predicted octanol–water partition coefficient (Wildman–Crippen LogP) is 5.35. The third kappa shape index (κ3) is 4.27. The molecule has 33 heavy (non-hydrogen) atoms. The van der Waals surface area contributed by atoms with Crippen LogP contribution in [-0.4, -0.2) is 24.3 Å². The number of nitrogens with zero attached hydrogens (tertiary/aromatic N) is 5. The highest BCUT2D eigenvalue weighted by Gasteiger charge is 2.33. The van der Waals surface area contributed by atoms with Crippen LogP contribution < -0.4 is 10.9 Å². The molecule has 1 N–H and O–H groups in total. The van der Waals surface area contributed by atoms with Crippen molar-refractivity contribution < 1.29 is 0 Å². The Morgan fingerprint density at radius 1 is 1.09 bits per heavy atom. The van der Waals surface area contributed by atoms with E-state index < -0.39 is 0 Å². The smallest absolute Gasteiger partial charge is 0.252 e. The maximum Gasteiger partial charge on any atom is 0.252 e. The summed E-state index contributed by atoms with van der Waals surface area (Å²) in [5, 5.41) is 8.44. The van der Waals surface area contributed by atoms with Gasteiger partial charge in [-0.15, -0.1) is 0 Å². The Hall–Kier alpha value is -3.48. The van der Waals surface area contributed by atoms with E-state index in [0.717, 1.165) is 29.6 Å². The van der Waals surface area contributed by atoms with Gasteiger partial charge in [-0.2, -0.15) is 10.1 Å². The van der Waals surface area contributed by atoms with Gasteiger partial charge in [0.1, 0.15) is 5.65 Å². The molecule has 0 bridgehead atoms. The van der Waals surface area contributed by atoms with E-state index in [1.165, 1.54) is 6.42 Å². The first kappa shape index (κ1) is 21.4. The van der Waals surface area contributed by atoms with Gasteiger partial charge in [0, 0.05) is 41.8 Å². The quantitative estimate of drug-likeness (QED) is 0.451. The van der Waals surface area contributed by atoms with E-state index in [0.29, 0.717) is 29.3 Å². The number of hydrogen-bond donors (Lipinski definition) is 1. The van der Waals surface area contributed by atoms with E-state index in [1.807, 2.05) is 51.8 Å². The molecule has 5 rings (SSSR count). The summed E-state index contributed by atoms with van der Waals surface area (Å²) in [7, 11) is 0. The molecule has 3 aromatic heterocycles. The highest BCUT2D eigenvalue weighted by molar-refractivity contribution is 5.76. The van der Waals surface area contributed by atoms with E-state index in [-0.39, 0.29) is 11.6 Å². The van der Waals surface area contributed by atoms with E-state index in [1.54, 1.807) is 18.5 Å². The zero-order chi connectivity index (χ0) is 22.9. The molecule has 7 heteroatoms. The highest BCUT2D eigenvalue weighted by Crippen LogP contribution is 2.41. The molecule has 0 radical (unpaired) electrons. The van der Waals surface area contributed by atoms with Gasteiger partial charge in [0.25, 0.3) is 5.56 Å². The van der Waals surface area contributed by atoms with Crippen LogP contribution >= 0.6 is 0 Å². The van der Waals surface area contributed by atoms with Crippen molar-refractivity contribution in [3.63, 3.8) is 0 Å². The summed E-state index contributed by atoms with van der Waals surface area (Å²) in [5.74, 6) is 2.06. The van der Waals surface area contributed by atoms with E-state index >= 15 is 0 Å². The lowest BCUT2D eigenvalue weighted by Crippen LogP contribution is -2.36. The first-order chi connectivity index (χ1) is 16.0. The maximum atomic E-state index is 13.1. The number of nitrogens with one attached hydrogen (secondary N) is 1. The Balaban J connectivity index is 1.50. The third-order valence-electron chi connectivity index (χ3n) is 6.88. The summed E-state index contributed by atoms with van der Waals surface area (Å²) in [4.78, 5) is 22.4. The Morgan fingerprint density at radius 2 is 1.91 bits per heavy atom. The second kappa shape index (κ2) is 8.81. The lowest BCUT2D eigenvalue weighted by atomic mass is 9.74. The summed E-state index contributed by atoms with van der Waals surface area (Å²) in [5.41, 5.74) is 2.57. The van der Waals surface area contributed by atoms with E-state index in [9.17, 15) is 4.79 Å². The summed E-state index contributed by atoms with van der Waals surface area (Å²) >= 11 is 0. The summed E-state index contributed by atoms with van der Waals surface area (Å²) < 4.78 is 3.74. The number of aromatic nitrogens is 5. The van der Waals surface area contributed by atoms with Crippen LogP contribution in [0.25, 0.3) is 16.7 Å². The molecule has 0 spiro atoms. The van der Waals surface area contributed by atoms with Crippen molar-refractivity contribution in [3.8, 4) is 5.69 Å². The summed E-state index contributed by atoms with van der Waals surface area (Å²) in [6, 6.07) is 13.5. The Kier molecular flexibility index (Phi) is 5.70. The summed E-state index contributed by atoms with van der Waals surface area (Å²) in [6.45, 7) is 6.81. The molecule has 1 aromatic carbocycles. The molecule has 1 saturated carbocycles. The summed E-state index contributed by atoms with van der Waals surface area (Å²) in [6.07, 6.45) is 8.83. The first-order valence-corrected chi connectivity index (χ1v) is 11.7. The van der Waals surface area contributed by atoms with Crippen molar-refractivity contribution in [1.82, 2.24) is 24.3 Å². The lowest BCUT2D eigenvalue weighted by molar-refractivity contribution is 0.149. The van der Waals surface area contributed by atoms with Crippen molar-refractivity contribution in [2.45, 2.75) is 46.1 Å². The molecule has 0 saturated heterocycles. The third-order valence-corrected chi connectivity index (χ3v) is 6.88. The lowest BCUT2D eigenvalue weighted by Gasteiger charge is -2.38. The van der Waals surface area contributed by atoms with Crippen LogP contribution in [0, 0.1) is 17.8 Å². The van der Waals surface area contributed by atoms with Crippen LogP contribution in [0.4, 0.5) is 11.6 Å². The SMILES string of the molecule is CC1CCC(C(C)C)C(n2c(=O)ccc3cnc(Nc4ccc(-n5cccn5)cc4)nc32)C1. The molecule has 1 fully saturated rings. The second-order valence-electron chi connectivity index (χ2n) is 9.53. The molecular weight excluding hydrogens is 412 g/mol. The van der Waals surface area contributed by atoms with E-state index in [2.05, 4.69) is 36.2 Å². The molecule has 0 amide bonds. The molecule has 3 unspecified atom stereocenters. The van der Waals surface area contributed by atoms with Gasteiger partial charge >= 0.3 is 0 Å². The van der Waals surface area contributed by atoms with Gasteiger partial charge in [-0.25, -0.2) is 9.67 Å². The first-order valence-electron chi connectivity index (χ1n) is 11.7. The minimum Gasteiger partial charge on any atom is -0.324 e. The highest BCUT2D eigenvalue weighted by atomic mass is 16.1. The molecule has 4 aromatic rings. The van der Waals surface area contributed by atoms with Crippen molar-refractivity contribution in [1.29, 1.82) is 0 Å².